The highest BCUT2D eigenvalue weighted by atomic mass is 16.5. The molecule has 0 saturated heterocycles. The first-order valence-electron chi connectivity index (χ1n) is 9.41. The average Bonchev–Trinajstić information content (AvgIpc) is 2.68. The predicted octanol–water partition coefficient (Wildman–Crippen LogP) is 2.29. The molecule has 0 radical (unpaired) electrons. The number of hydrogen-bond donors (Lipinski definition) is 4. The minimum absolute atomic E-state index is 0.0147. The van der Waals surface area contributed by atoms with Crippen LogP contribution in [-0.2, 0) is 0 Å². The molecule has 29 heavy (non-hydrogen) atoms. The quantitative estimate of drug-likeness (QED) is 0.474. The molecule has 0 aliphatic carbocycles. The highest BCUT2D eigenvalue weighted by Gasteiger charge is 2.24. The summed E-state index contributed by atoms with van der Waals surface area (Å²) in [6.07, 6.45) is 1.99. The zero-order valence-corrected chi connectivity index (χ0v) is 17.2. The van der Waals surface area contributed by atoms with Crippen molar-refractivity contribution in [3.8, 4) is 5.75 Å². The van der Waals surface area contributed by atoms with Gasteiger partial charge in [-0.15, -0.1) is 0 Å². The van der Waals surface area contributed by atoms with Gasteiger partial charge >= 0.3 is 6.03 Å². The van der Waals surface area contributed by atoms with Crippen LogP contribution in [-0.4, -0.2) is 58.1 Å². The van der Waals surface area contributed by atoms with Crippen molar-refractivity contribution in [2.24, 2.45) is 0 Å². The Labute approximate surface area is 170 Å². The number of ether oxygens (including phenoxy) is 1. The normalized spacial score (nSPS) is 12.2. The molecule has 2 amide bonds. The Hall–Kier alpha value is -2.91. The van der Waals surface area contributed by atoms with Crippen LogP contribution in [0.25, 0.3) is 0 Å². The molecule has 1 aromatic heterocycles. The topological polar surface area (TPSA) is 120 Å². The maximum Gasteiger partial charge on any atom is 0.327 e. The maximum absolute atomic E-state index is 12.8. The van der Waals surface area contributed by atoms with Crippen LogP contribution in [0.1, 0.15) is 27.2 Å². The molecule has 9 nitrogen and oxygen atoms in total. The number of carbonyl (C=O) groups is 1. The van der Waals surface area contributed by atoms with Crippen LogP contribution in [0.5, 0.6) is 5.75 Å². The third-order valence-electron chi connectivity index (χ3n) is 4.42. The number of carbonyl (C=O) groups excluding carboxylic acids is 1. The van der Waals surface area contributed by atoms with Crippen molar-refractivity contribution in [2.75, 3.05) is 30.5 Å². The Bertz CT molecular complexity index is 792. The van der Waals surface area contributed by atoms with Gasteiger partial charge < -0.3 is 25.6 Å². The fourth-order valence-electron chi connectivity index (χ4n) is 2.35. The first-order valence-corrected chi connectivity index (χ1v) is 9.41. The van der Waals surface area contributed by atoms with Gasteiger partial charge in [0.25, 0.3) is 0 Å². The molecular weight excluding hydrogens is 374 g/mol. The Morgan fingerprint density at radius 3 is 2.55 bits per heavy atom. The van der Waals surface area contributed by atoms with Crippen LogP contribution in [0.4, 0.5) is 22.2 Å². The minimum Gasteiger partial charge on any atom is -0.497 e. The number of hydrogen-bond acceptors (Lipinski definition) is 7. The summed E-state index contributed by atoms with van der Waals surface area (Å²) in [5, 5.41) is 24.9. The van der Waals surface area contributed by atoms with Crippen LogP contribution in [0, 0.1) is 0 Å². The van der Waals surface area contributed by atoms with Crippen LogP contribution < -0.4 is 20.3 Å². The molecule has 9 heteroatoms. The van der Waals surface area contributed by atoms with Crippen molar-refractivity contribution in [1.82, 2.24) is 15.3 Å². The van der Waals surface area contributed by atoms with Gasteiger partial charge in [-0.3, -0.25) is 0 Å². The first-order chi connectivity index (χ1) is 13.8. The standard InChI is InChI=1S/C20H29N5O4/c1-14(20(2,3)28)23-18-21-12-10-17(24-18)25(19(27)22-11-5-13-26)15-6-8-16(29-4)9-7-15/h6-10,12,14,26,28H,5,11,13H2,1-4H3,(H,22,27)(H,21,23,24). The lowest BCUT2D eigenvalue weighted by Crippen LogP contribution is -2.40. The van der Waals surface area contributed by atoms with E-state index in [0.29, 0.717) is 36.2 Å². The average molecular weight is 403 g/mol. The van der Waals surface area contributed by atoms with Crippen molar-refractivity contribution in [1.29, 1.82) is 0 Å². The second-order valence-corrected chi connectivity index (χ2v) is 7.10. The third-order valence-corrected chi connectivity index (χ3v) is 4.42. The van der Waals surface area contributed by atoms with E-state index in [1.54, 1.807) is 57.5 Å². The second kappa shape index (κ2) is 10.0. The number of nitrogens with zero attached hydrogens (tertiary/aromatic N) is 3. The molecule has 0 aliphatic rings. The molecule has 2 rings (SSSR count). The van der Waals surface area contributed by atoms with Gasteiger partial charge in [-0.1, -0.05) is 0 Å². The zero-order valence-electron chi connectivity index (χ0n) is 17.2. The number of aliphatic hydroxyl groups is 2. The van der Waals surface area contributed by atoms with Gasteiger partial charge in [-0.2, -0.15) is 4.98 Å². The summed E-state index contributed by atoms with van der Waals surface area (Å²) in [5.41, 5.74) is -0.385. The van der Waals surface area contributed by atoms with E-state index < -0.39 is 5.60 Å². The molecular formula is C20H29N5O4. The van der Waals surface area contributed by atoms with E-state index in [0.717, 1.165) is 0 Å². The van der Waals surface area contributed by atoms with E-state index in [4.69, 9.17) is 9.84 Å². The number of methoxy groups -OCH3 is 1. The summed E-state index contributed by atoms with van der Waals surface area (Å²) in [7, 11) is 1.57. The number of aliphatic hydroxyl groups excluding tert-OH is 1. The van der Waals surface area contributed by atoms with Gasteiger partial charge in [0.15, 0.2) is 0 Å². The number of nitrogens with one attached hydrogen (secondary N) is 2. The number of amides is 2. The van der Waals surface area contributed by atoms with Gasteiger partial charge in [-0.25, -0.2) is 14.7 Å². The summed E-state index contributed by atoms with van der Waals surface area (Å²) >= 11 is 0. The number of urea groups is 1. The highest BCUT2D eigenvalue weighted by Crippen LogP contribution is 2.27. The third kappa shape index (κ3) is 6.30. The van der Waals surface area contributed by atoms with E-state index >= 15 is 0 Å². The molecule has 1 unspecified atom stereocenters. The summed E-state index contributed by atoms with van der Waals surface area (Å²) < 4.78 is 5.18. The zero-order chi connectivity index (χ0) is 21.4. The smallest absolute Gasteiger partial charge is 0.327 e. The van der Waals surface area contributed by atoms with E-state index in [9.17, 15) is 9.90 Å². The molecule has 0 bridgehead atoms. The lowest BCUT2D eigenvalue weighted by atomic mass is 10.0. The maximum atomic E-state index is 12.8. The molecule has 1 atom stereocenters. The van der Waals surface area contributed by atoms with Gasteiger partial charge in [0.1, 0.15) is 11.6 Å². The summed E-state index contributed by atoms with van der Waals surface area (Å²) in [5.74, 6) is 1.31. The number of benzene rings is 1. The Morgan fingerprint density at radius 1 is 1.28 bits per heavy atom. The molecule has 2 aromatic rings. The van der Waals surface area contributed by atoms with Gasteiger partial charge in [-0.05, 0) is 51.5 Å². The molecule has 1 heterocycles. The highest BCUT2D eigenvalue weighted by molar-refractivity contribution is 5.98. The van der Waals surface area contributed by atoms with Gasteiger partial charge in [0.05, 0.1) is 24.4 Å². The van der Waals surface area contributed by atoms with Crippen LogP contribution >= 0.6 is 0 Å². The number of anilines is 3. The van der Waals surface area contributed by atoms with Crippen LogP contribution in [0.3, 0.4) is 0 Å². The monoisotopic (exact) mass is 403 g/mol. The van der Waals surface area contributed by atoms with Gasteiger partial charge in [0.2, 0.25) is 5.95 Å². The molecule has 158 valence electrons. The summed E-state index contributed by atoms with van der Waals surface area (Å²) in [6, 6.07) is 7.92. The second-order valence-electron chi connectivity index (χ2n) is 7.10. The van der Waals surface area contributed by atoms with E-state index in [-0.39, 0.29) is 18.7 Å². The molecule has 0 spiro atoms. The first kappa shape index (κ1) is 22.4. The predicted molar refractivity (Wildman–Crippen MR) is 112 cm³/mol. The van der Waals surface area contributed by atoms with Crippen molar-refractivity contribution in [2.45, 2.75) is 38.8 Å². The SMILES string of the molecule is COc1ccc(N(C(=O)NCCCO)c2ccnc(NC(C)C(C)(C)O)n2)cc1. The van der Waals surface area contributed by atoms with Crippen LogP contribution in [0.15, 0.2) is 36.5 Å². The molecule has 4 N–H and O–H groups in total. The molecule has 1 aromatic carbocycles. The fourth-order valence-corrected chi connectivity index (χ4v) is 2.35. The minimum atomic E-state index is -0.975. The lowest BCUT2D eigenvalue weighted by Gasteiger charge is -2.27. The largest absolute Gasteiger partial charge is 0.497 e. The van der Waals surface area contributed by atoms with E-state index in [2.05, 4.69) is 20.6 Å². The van der Waals surface area contributed by atoms with E-state index in [1.807, 2.05) is 6.92 Å². The molecule has 0 fully saturated rings. The Balaban J connectivity index is 2.34. The Morgan fingerprint density at radius 2 is 1.97 bits per heavy atom. The van der Waals surface area contributed by atoms with Crippen molar-refractivity contribution in [3.05, 3.63) is 36.5 Å². The molecule has 0 saturated carbocycles. The fraction of sp³-hybridized carbons (Fsp3) is 0.450. The lowest BCUT2D eigenvalue weighted by molar-refractivity contribution is 0.0646. The summed E-state index contributed by atoms with van der Waals surface area (Å²) in [4.78, 5) is 22.9. The number of rotatable bonds is 9. The summed E-state index contributed by atoms with van der Waals surface area (Å²) in [6.45, 7) is 5.51. The van der Waals surface area contributed by atoms with Gasteiger partial charge in [0, 0.05) is 25.4 Å². The van der Waals surface area contributed by atoms with Crippen molar-refractivity contribution >= 4 is 23.5 Å². The van der Waals surface area contributed by atoms with Crippen LogP contribution in [0.2, 0.25) is 0 Å². The van der Waals surface area contributed by atoms with Crippen molar-refractivity contribution < 1.29 is 19.7 Å². The Kier molecular flexibility index (Phi) is 7.74. The van der Waals surface area contributed by atoms with Crippen molar-refractivity contribution in [3.63, 3.8) is 0 Å². The number of aromatic nitrogens is 2. The molecule has 0 aliphatic heterocycles. The van der Waals surface area contributed by atoms with E-state index in [1.165, 1.54) is 4.90 Å².